The number of anilines is 1. The van der Waals surface area contributed by atoms with Crippen molar-refractivity contribution in [3.63, 3.8) is 0 Å². The van der Waals surface area contributed by atoms with E-state index in [1.54, 1.807) is 18.3 Å². The largest absolute Gasteiger partial charge is 0.310 e. The predicted octanol–water partition coefficient (Wildman–Crippen LogP) is 1.86. The summed E-state index contributed by atoms with van der Waals surface area (Å²) in [5.74, 6) is 0.219. The van der Waals surface area contributed by atoms with Gasteiger partial charge in [-0.05, 0) is 25.1 Å². The van der Waals surface area contributed by atoms with Crippen LogP contribution in [0.1, 0.15) is 6.92 Å². The number of hydrogen-bond acceptors (Lipinski definition) is 3. The fraction of sp³-hybridized carbons (Fsp3) is 0.188. The average molecular weight is 296 g/mol. The van der Waals surface area contributed by atoms with Crippen molar-refractivity contribution in [1.82, 2.24) is 14.1 Å². The van der Waals surface area contributed by atoms with Crippen molar-refractivity contribution in [2.45, 2.75) is 20.0 Å². The Balaban J connectivity index is 1.85. The third-order valence-corrected chi connectivity index (χ3v) is 3.43. The number of carbonyl (C=O) groups excluding carboxylic acids is 1. The lowest BCUT2D eigenvalue weighted by molar-refractivity contribution is -0.116. The van der Waals surface area contributed by atoms with Crippen molar-refractivity contribution < 1.29 is 4.79 Å². The summed E-state index contributed by atoms with van der Waals surface area (Å²) >= 11 is 0. The number of aromatic nitrogens is 3. The fourth-order valence-corrected chi connectivity index (χ4v) is 2.40. The molecule has 1 N–H and O–H groups in total. The molecule has 0 aliphatic carbocycles. The van der Waals surface area contributed by atoms with Crippen molar-refractivity contribution in [3.05, 3.63) is 59.0 Å². The van der Waals surface area contributed by atoms with E-state index in [-0.39, 0.29) is 18.0 Å². The van der Waals surface area contributed by atoms with Gasteiger partial charge in [0.05, 0.1) is 11.0 Å². The molecule has 22 heavy (non-hydrogen) atoms. The van der Waals surface area contributed by atoms with Crippen LogP contribution >= 0.6 is 0 Å². The number of nitrogens with one attached hydrogen (secondary N) is 1. The van der Waals surface area contributed by atoms with Crippen LogP contribution in [0.15, 0.2) is 53.5 Å². The first-order valence-corrected chi connectivity index (χ1v) is 7.09. The van der Waals surface area contributed by atoms with Crippen LogP contribution in [0, 0.1) is 0 Å². The highest BCUT2D eigenvalue weighted by atomic mass is 16.2. The highest BCUT2D eigenvalue weighted by Gasteiger charge is 2.12. The van der Waals surface area contributed by atoms with E-state index in [9.17, 15) is 9.59 Å². The molecule has 0 aliphatic rings. The van der Waals surface area contributed by atoms with Crippen LogP contribution in [0.5, 0.6) is 0 Å². The van der Waals surface area contributed by atoms with Crippen molar-refractivity contribution in [2.75, 3.05) is 5.32 Å². The van der Waals surface area contributed by atoms with Gasteiger partial charge in [0, 0.05) is 18.8 Å². The molecule has 0 unspecified atom stereocenters. The molecule has 0 spiro atoms. The Morgan fingerprint density at radius 3 is 2.73 bits per heavy atom. The summed E-state index contributed by atoms with van der Waals surface area (Å²) in [6.45, 7) is 2.65. The van der Waals surface area contributed by atoms with Gasteiger partial charge in [-0.15, -0.1) is 0 Å². The molecule has 3 rings (SSSR count). The van der Waals surface area contributed by atoms with Gasteiger partial charge in [-0.1, -0.05) is 18.2 Å². The minimum atomic E-state index is -0.279. The molecule has 0 aliphatic heterocycles. The molecular weight excluding hydrogens is 280 g/mol. The summed E-state index contributed by atoms with van der Waals surface area (Å²) in [6, 6.07) is 12.5. The maximum Gasteiger partial charge on any atom is 0.250 e. The van der Waals surface area contributed by atoms with Crippen LogP contribution < -0.4 is 10.9 Å². The standard InChI is InChI=1S/C16H16N4O2/c1-2-20-13-8-4-3-7-12(13)17-16(20)18-14(21)11-19-10-6-5-9-15(19)22/h3-10H,2,11H2,1H3,(H,17,18,21). The van der Waals surface area contributed by atoms with Gasteiger partial charge in [0.15, 0.2) is 0 Å². The smallest absolute Gasteiger partial charge is 0.250 e. The van der Waals surface area contributed by atoms with E-state index >= 15 is 0 Å². The van der Waals surface area contributed by atoms with Crippen molar-refractivity contribution in [2.24, 2.45) is 0 Å². The van der Waals surface area contributed by atoms with Crippen LogP contribution in [0.2, 0.25) is 0 Å². The highest BCUT2D eigenvalue weighted by molar-refractivity contribution is 5.91. The summed E-state index contributed by atoms with van der Waals surface area (Å²) in [7, 11) is 0. The molecule has 112 valence electrons. The van der Waals surface area contributed by atoms with Crippen LogP contribution in [0.25, 0.3) is 11.0 Å². The number of imidazole rings is 1. The number of fused-ring (bicyclic) bond motifs is 1. The number of hydrogen-bond donors (Lipinski definition) is 1. The monoisotopic (exact) mass is 296 g/mol. The molecule has 3 aromatic rings. The summed E-state index contributed by atoms with van der Waals surface area (Å²) in [4.78, 5) is 28.2. The Labute approximate surface area is 127 Å². The average Bonchev–Trinajstić information content (AvgIpc) is 2.86. The van der Waals surface area contributed by atoms with Gasteiger partial charge < -0.3 is 9.13 Å². The van der Waals surface area contributed by atoms with E-state index < -0.39 is 0 Å². The topological polar surface area (TPSA) is 68.9 Å². The predicted molar refractivity (Wildman–Crippen MR) is 84.7 cm³/mol. The zero-order chi connectivity index (χ0) is 15.5. The first-order chi connectivity index (χ1) is 10.7. The van der Waals surface area contributed by atoms with E-state index in [1.807, 2.05) is 35.8 Å². The Morgan fingerprint density at radius 1 is 1.18 bits per heavy atom. The normalized spacial score (nSPS) is 10.8. The minimum Gasteiger partial charge on any atom is -0.310 e. The van der Waals surface area contributed by atoms with Gasteiger partial charge in [-0.2, -0.15) is 0 Å². The zero-order valence-electron chi connectivity index (χ0n) is 12.2. The number of benzene rings is 1. The van der Waals surface area contributed by atoms with Gasteiger partial charge in [-0.3, -0.25) is 14.9 Å². The molecule has 0 bridgehead atoms. The second-order valence-corrected chi connectivity index (χ2v) is 4.88. The van der Waals surface area contributed by atoms with E-state index in [1.165, 1.54) is 10.6 Å². The lowest BCUT2D eigenvalue weighted by Crippen LogP contribution is -2.27. The van der Waals surface area contributed by atoms with E-state index in [2.05, 4.69) is 10.3 Å². The Kier molecular flexibility index (Phi) is 3.74. The van der Waals surface area contributed by atoms with Gasteiger partial charge in [0.25, 0.3) is 5.56 Å². The second kappa shape index (κ2) is 5.85. The lowest BCUT2D eigenvalue weighted by atomic mass is 10.3. The molecule has 6 heteroatoms. The first kappa shape index (κ1) is 14.1. The van der Waals surface area contributed by atoms with E-state index in [0.717, 1.165) is 11.0 Å². The molecule has 0 atom stereocenters. The van der Waals surface area contributed by atoms with Gasteiger partial charge in [-0.25, -0.2) is 4.98 Å². The number of carbonyl (C=O) groups is 1. The molecule has 1 aromatic carbocycles. The highest BCUT2D eigenvalue weighted by Crippen LogP contribution is 2.19. The van der Waals surface area contributed by atoms with Crippen LogP contribution in [0.4, 0.5) is 5.95 Å². The summed E-state index contributed by atoms with van der Waals surface area (Å²) in [6.07, 6.45) is 1.59. The Morgan fingerprint density at radius 2 is 1.95 bits per heavy atom. The maximum absolute atomic E-state index is 12.2. The molecule has 6 nitrogen and oxygen atoms in total. The van der Waals surface area contributed by atoms with Crippen LogP contribution in [-0.2, 0) is 17.9 Å². The summed E-state index contributed by atoms with van der Waals surface area (Å²) in [5, 5.41) is 2.78. The second-order valence-electron chi connectivity index (χ2n) is 4.88. The minimum absolute atomic E-state index is 0.0351. The molecule has 1 amide bonds. The molecule has 0 saturated heterocycles. The lowest BCUT2D eigenvalue weighted by Gasteiger charge is -2.08. The molecule has 0 radical (unpaired) electrons. The Bertz CT molecular complexity index is 879. The van der Waals surface area contributed by atoms with Crippen LogP contribution in [-0.4, -0.2) is 20.0 Å². The Hall–Kier alpha value is -2.89. The van der Waals surface area contributed by atoms with E-state index in [0.29, 0.717) is 12.5 Å². The molecule has 0 saturated carbocycles. The molecular formula is C16H16N4O2. The van der Waals surface area contributed by atoms with Crippen LogP contribution in [0.3, 0.4) is 0 Å². The zero-order valence-corrected chi connectivity index (χ0v) is 12.2. The summed E-state index contributed by atoms with van der Waals surface area (Å²) in [5.41, 5.74) is 1.59. The third-order valence-electron chi connectivity index (χ3n) is 3.43. The maximum atomic E-state index is 12.2. The van der Waals surface area contributed by atoms with Gasteiger partial charge in [0.1, 0.15) is 6.54 Å². The molecule has 0 fully saturated rings. The number of amides is 1. The molecule has 2 aromatic heterocycles. The number of rotatable bonds is 4. The van der Waals surface area contributed by atoms with Crippen molar-refractivity contribution in [1.29, 1.82) is 0 Å². The van der Waals surface area contributed by atoms with Crippen molar-refractivity contribution in [3.8, 4) is 0 Å². The van der Waals surface area contributed by atoms with Gasteiger partial charge in [0.2, 0.25) is 11.9 Å². The van der Waals surface area contributed by atoms with Crippen molar-refractivity contribution >= 4 is 22.9 Å². The number of nitrogens with zero attached hydrogens (tertiary/aromatic N) is 3. The number of para-hydroxylation sites is 2. The van der Waals surface area contributed by atoms with E-state index in [4.69, 9.17) is 0 Å². The van der Waals surface area contributed by atoms with Gasteiger partial charge >= 0.3 is 0 Å². The molecule has 2 heterocycles. The number of aryl methyl sites for hydroxylation is 1. The third kappa shape index (κ3) is 2.63. The first-order valence-electron chi connectivity index (χ1n) is 7.09. The number of pyridine rings is 1. The summed E-state index contributed by atoms with van der Waals surface area (Å²) < 4.78 is 3.29. The quantitative estimate of drug-likeness (QED) is 0.799. The SMILES string of the molecule is CCn1c(NC(=O)Cn2ccccc2=O)nc2ccccc21. The fourth-order valence-electron chi connectivity index (χ4n) is 2.40.